The number of hydrogen-bond donors (Lipinski definition) is 0. The van der Waals surface area contributed by atoms with Crippen LogP contribution < -0.4 is 0 Å². The van der Waals surface area contributed by atoms with Crippen molar-refractivity contribution in [3.63, 3.8) is 0 Å². The molecule has 0 aromatic rings. The summed E-state index contributed by atoms with van der Waals surface area (Å²) in [6.07, 6.45) is 1.24. The van der Waals surface area contributed by atoms with Gasteiger partial charge in [-0.1, -0.05) is 12.2 Å². The molecule has 0 saturated heterocycles. The third-order valence-electron chi connectivity index (χ3n) is 2.26. The van der Waals surface area contributed by atoms with Crippen molar-refractivity contribution < 1.29 is 27.7 Å². The van der Waals surface area contributed by atoms with Gasteiger partial charge < -0.3 is 18.9 Å². The maximum Gasteiger partial charge on any atom is 0.310 e. The molecule has 0 fully saturated rings. The molecule has 0 aliphatic rings. The Labute approximate surface area is 118 Å². The monoisotopic (exact) mass is 292 g/mol. The first-order valence-electron chi connectivity index (χ1n) is 6.25. The van der Waals surface area contributed by atoms with Crippen molar-refractivity contribution in [1.82, 2.24) is 0 Å². The predicted octanol–water partition coefficient (Wildman–Crippen LogP) is 3.27. The van der Waals surface area contributed by atoms with Crippen molar-refractivity contribution in [2.45, 2.75) is 18.9 Å². The van der Waals surface area contributed by atoms with E-state index < -0.39 is 17.9 Å². The summed E-state index contributed by atoms with van der Waals surface area (Å²) in [5.74, 6) is -0.508. The van der Waals surface area contributed by atoms with E-state index in [1.165, 1.54) is 13.2 Å². The molecule has 0 heterocycles. The van der Waals surface area contributed by atoms with Gasteiger partial charge in [-0.25, -0.2) is 0 Å². The summed E-state index contributed by atoms with van der Waals surface area (Å²) in [5, 5.41) is 0. The average Bonchev–Trinajstić information content (AvgIpc) is 2.43. The fourth-order valence-electron chi connectivity index (χ4n) is 1.32. The van der Waals surface area contributed by atoms with Gasteiger partial charge >= 0.3 is 6.08 Å². The molecule has 0 N–H and O–H groups in total. The number of hydrogen-bond acceptors (Lipinski definition) is 4. The summed E-state index contributed by atoms with van der Waals surface area (Å²) in [4.78, 5) is 0. The third-order valence-corrected chi connectivity index (χ3v) is 2.26. The van der Waals surface area contributed by atoms with Gasteiger partial charge in [-0.05, 0) is 12.8 Å². The Hall–Kier alpha value is -1.24. The van der Waals surface area contributed by atoms with Gasteiger partial charge in [0.25, 0.3) is 0 Å². The molecule has 116 valence electrons. The Balaban J connectivity index is 4.44. The Kier molecular flexibility index (Phi) is 12.0. The van der Waals surface area contributed by atoms with Crippen molar-refractivity contribution >= 4 is 0 Å². The van der Waals surface area contributed by atoms with Gasteiger partial charge in [-0.15, -0.1) is 13.2 Å². The van der Waals surface area contributed by atoms with Gasteiger partial charge in [0.2, 0.25) is 0 Å². The zero-order valence-electron chi connectivity index (χ0n) is 11.8. The summed E-state index contributed by atoms with van der Waals surface area (Å²) in [7, 11) is 1.52. The summed E-state index contributed by atoms with van der Waals surface area (Å²) in [6.45, 7) is 7.55. The fraction of sp³-hybridized carbons (Fsp3) is 0.571. The lowest BCUT2D eigenvalue weighted by Gasteiger charge is -2.19. The van der Waals surface area contributed by atoms with Crippen LogP contribution in [0.4, 0.5) is 8.78 Å². The molecule has 0 aliphatic heterocycles. The van der Waals surface area contributed by atoms with Crippen molar-refractivity contribution in [1.29, 1.82) is 0 Å². The first-order valence-corrected chi connectivity index (χ1v) is 6.25. The lowest BCUT2D eigenvalue weighted by molar-refractivity contribution is -0.0673. The Morgan fingerprint density at radius 1 is 1.20 bits per heavy atom. The quantitative estimate of drug-likeness (QED) is 0.226. The minimum atomic E-state index is -1.92. The van der Waals surface area contributed by atoms with E-state index in [9.17, 15) is 8.78 Å². The molecule has 0 saturated carbocycles. The summed E-state index contributed by atoms with van der Waals surface area (Å²) < 4.78 is 45.9. The highest BCUT2D eigenvalue weighted by molar-refractivity contribution is 5.02. The molecular weight excluding hydrogens is 270 g/mol. The van der Waals surface area contributed by atoms with Crippen molar-refractivity contribution in [3.05, 3.63) is 37.1 Å². The predicted molar refractivity (Wildman–Crippen MR) is 72.4 cm³/mol. The third kappa shape index (κ3) is 8.79. The van der Waals surface area contributed by atoms with Gasteiger partial charge in [0.1, 0.15) is 6.10 Å². The second-order valence-electron chi connectivity index (χ2n) is 3.76. The van der Waals surface area contributed by atoms with E-state index in [1.807, 2.05) is 0 Å². The second kappa shape index (κ2) is 12.8. The SMILES string of the molecule is C=CCCC(OCC=C)C(OCOCCOC)=C(F)F. The second-order valence-corrected chi connectivity index (χ2v) is 3.76. The Morgan fingerprint density at radius 3 is 2.50 bits per heavy atom. The van der Waals surface area contributed by atoms with Crippen molar-refractivity contribution in [2.75, 3.05) is 33.7 Å². The smallest absolute Gasteiger partial charge is 0.310 e. The highest BCUT2D eigenvalue weighted by Gasteiger charge is 2.21. The van der Waals surface area contributed by atoms with E-state index in [0.29, 0.717) is 19.4 Å². The molecule has 0 bridgehead atoms. The van der Waals surface area contributed by atoms with E-state index in [2.05, 4.69) is 13.2 Å². The van der Waals surface area contributed by atoms with Crippen LogP contribution in [0.25, 0.3) is 0 Å². The normalized spacial score (nSPS) is 11.8. The van der Waals surface area contributed by atoms with Crippen LogP contribution in [0, 0.1) is 0 Å². The molecule has 6 heteroatoms. The van der Waals surface area contributed by atoms with Crippen LogP contribution in [0.1, 0.15) is 12.8 Å². The van der Waals surface area contributed by atoms with Crippen LogP contribution in [-0.2, 0) is 18.9 Å². The summed E-state index contributed by atoms with van der Waals surface area (Å²) in [5.41, 5.74) is 0. The maximum absolute atomic E-state index is 12.9. The highest BCUT2D eigenvalue weighted by Crippen LogP contribution is 2.21. The van der Waals surface area contributed by atoms with Crippen LogP contribution in [0.3, 0.4) is 0 Å². The number of rotatable bonds is 13. The minimum absolute atomic E-state index is 0.159. The Bertz CT molecular complexity index is 290. The number of ether oxygens (including phenoxy) is 4. The van der Waals surface area contributed by atoms with Crippen LogP contribution in [0.2, 0.25) is 0 Å². The van der Waals surface area contributed by atoms with Crippen LogP contribution >= 0.6 is 0 Å². The molecule has 0 aromatic heterocycles. The van der Waals surface area contributed by atoms with Crippen LogP contribution in [0.5, 0.6) is 0 Å². The first kappa shape index (κ1) is 18.8. The molecule has 0 radical (unpaired) electrons. The number of allylic oxidation sites excluding steroid dienone is 1. The van der Waals surface area contributed by atoms with Gasteiger partial charge in [0.15, 0.2) is 12.6 Å². The first-order chi connectivity index (χ1) is 9.67. The van der Waals surface area contributed by atoms with E-state index in [1.54, 1.807) is 6.08 Å². The fourth-order valence-corrected chi connectivity index (χ4v) is 1.32. The summed E-state index contributed by atoms with van der Waals surface area (Å²) >= 11 is 0. The molecule has 0 aliphatic carbocycles. The van der Waals surface area contributed by atoms with Crippen molar-refractivity contribution in [3.8, 4) is 0 Å². The average molecular weight is 292 g/mol. The molecule has 0 spiro atoms. The van der Waals surface area contributed by atoms with Gasteiger partial charge in [0.05, 0.1) is 19.8 Å². The molecular formula is C14H22F2O4. The molecule has 4 nitrogen and oxygen atoms in total. The van der Waals surface area contributed by atoms with E-state index >= 15 is 0 Å². The van der Waals surface area contributed by atoms with Crippen molar-refractivity contribution in [2.24, 2.45) is 0 Å². The standard InChI is InChI=1S/C14H22F2O4/c1-4-6-7-12(19-8-5-2)13(14(15)16)20-11-18-10-9-17-3/h4-5,12H,1-2,6-11H2,3H3. The van der Waals surface area contributed by atoms with Gasteiger partial charge in [-0.3, -0.25) is 0 Å². The molecule has 0 aromatic carbocycles. The minimum Gasteiger partial charge on any atom is -0.463 e. The topological polar surface area (TPSA) is 36.9 Å². The molecule has 1 atom stereocenters. The summed E-state index contributed by atoms with van der Waals surface area (Å²) in [6, 6.07) is 0. The largest absolute Gasteiger partial charge is 0.463 e. The molecule has 20 heavy (non-hydrogen) atoms. The molecule has 1 unspecified atom stereocenters. The zero-order chi connectivity index (χ0) is 15.2. The van der Waals surface area contributed by atoms with Crippen LogP contribution in [-0.4, -0.2) is 39.8 Å². The van der Waals surface area contributed by atoms with E-state index in [-0.39, 0.29) is 20.0 Å². The van der Waals surface area contributed by atoms with Crippen LogP contribution in [0.15, 0.2) is 37.1 Å². The van der Waals surface area contributed by atoms with Gasteiger partial charge in [0, 0.05) is 7.11 Å². The van der Waals surface area contributed by atoms with Gasteiger partial charge in [-0.2, -0.15) is 8.78 Å². The maximum atomic E-state index is 12.9. The Morgan fingerprint density at radius 2 is 1.95 bits per heavy atom. The lowest BCUT2D eigenvalue weighted by Crippen LogP contribution is -2.20. The molecule has 0 amide bonds. The van der Waals surface area contributed by atoms with E-state index in [0.717, 1.165) is 0 Å². The lowest BCUT2D eigenvalue weighted by atomic mass is 10.1. The highest BCUT2D eigenvalue weighted by atomic mass is 19.3. The van der Waals surface area contributed by atoms with E-state index in [4.69, 9.17) is 18.9 Å². The zero-order valence-corrected chi connectivity index (χ0v) is 11.8. The molecule has 0 rings (SSSR count). The number of methoxy groups -OCH3 is 1. The number of halogens is 2.